The van der Waals surface area contributed by atoms with Crippen LogP contribution in [-0.2, 0) is 15.3 Å². The van der Waals surface area contributed by atoms with Crippen LogP contribution in [-0.4, -0.2) is 18.9 Å². The van der Waals surface area contributed by atoms with Crippen molar-refractivity contribution in [2.75, 3.05) is 7.11 Å². The Labute approximate surface area is 88.0 Å². The molecule has 0 spiro atoms. The molecule has 15 heavy (non-hydrogen) atoms. The molecular formula is C11H12N2O2. The highest BCUT2D eigenvalue weighted by atomic mass is 16.5. The van der Waals surface area contributed by atoms with Gasteiger partial charge in [0.15, 0.2) is 0 Å². The number of hydrogen-bond donors (Lipinski definition) is 1. The standard InChI is InChI=1S/C11H12N2O2/c1-8-12-10(14)11(13-8,15-2)9-6-4-3-5-7-9/h3-7H,1-2H3,(H,12,13,14). The molecule has 1 aliphatic rings. The number of ether oxygens (including phenoxy) is 1. The molecule has 2 rings (SSSR count). The van der Waals surface area contributed by atoms with Crippen molar-refractivity contribution in [3.05, 3.63) is 35.9 Å². The Bertz CT molecular complexity index is 414. The molecule has 78 valence electrons. The molecule has 0 fully saturated rings. The first-order chi connectivity index (χ1) is 7.19. The summed E-state index contributed by atoms with van der Waals surface area (Å²) < 4.78 is 5.27. The SMILES string of the molecule is COC1(c2ccccc2)N=C(C)NC1=O. The van der Waals surface area contributed by atoms with E-state index in [0.717, 1.165) is 5.56 Å². The first-order valence-electron chi connectivity index (χ1n) is 4.67. The maximum atomic E-state index is 11.8. The maximum Gasteiger partial charge on any atom is 0.285 e. The summed E-state index contributed by atoms with van der Waals surface area (Å²) in [4.78, 5) is 16.0. The van der Waals surface area contributed by atoms with Crippen LogP contribution in [0, 0.1) is 0 Å². The van der Waals surface area contributed by atoms with Gasteiger partial charge in [-0.1, -0.05) is 30.3 Å². The number of nitrogens with zero attached hydrogens (tertiary/aromatic N) is 1. The van der Waals surface area contributed by atoms with Gasteiger partial charge in [0.2, 0.25) is 0 Å². The number of nitrogens with one attached hydrogen (secondary N) is 1. The van der Waals surface area contributed by atoms with E-state index >= 15 is 0 Å². The van der Waals surface area contributed by atoms with Gasteiger partial charge < -0.3 is 10.1 Å². The van der Waals surface area contributed by atoms with Gasteiger partial charge in [0.05, 0.1) is 0 Å². The van der Waals surface area contributed by atoms with Crippen molar-refractivity contribution in [3.8, 4) is 0 Å². The molecule has 1 aromatic carbocycles. The van der Waals surface area contributed by atoms with Crippen molar-refractivity contribution >= 4 is 11.7 Å². The van der Waals surface area contributed by atoms with Crippen molar-refractivity contribution in [1.29, 1.82) is 0 Å². The molecule has 0 bridgehead atoms. The van der Waals surface area contributed by atoms with E-state index in [0.29, 0.717) is 5.84 Å². The number of amidine groups is 1. The minimum Gasteiger partial charge on any atom is -0.346 e. The highest BCUT2D eigenvalue weighted by Gasteiger charge is 2.44. The molecular weight excluding hydrogens is 192 g/mol. The third-order valence-electron chi connectivity index (χ3n) is 2.39. The lowest BCUT2D eigenvalue weighted by Gasteiger charge is -2.21. The Balaban J connectivity index is 2.52. The van der Waals surface area contributed by atoms with Crippen molar-refractivity contribution in [2.45, 2.75) is 12.6 Å². The quantitative estimate of drug-likeness (QED) is 0.782. The lowest BCUT2D eigenvalue weighted by molar-refractivity contribution is -0.140. The maximum absolute atomic E-state index is 11.8. The molecule has 1 atom stereocenters. The van der Waals surface area contributed by atoms with Gasteiger partial charge >= 0.3 is 0 Å². The number of rotatable bonds is 2. The summed E-state index contributed by atoms with van der Waals surface area (Å²) in [7, 11) is 1.48. The van der Waals surface area contributed by atoms with E-state index in [-0.39, 0.29) is 5.91 Å². The number of hydrogen-bond acceptors (Lipinski definition) is 3. The van der Waals surface area contributed by atoms with Crippen LogP contribution in [0.5, 0.6) is 0 Å². The van der Waals surface area contributed by atoms with Gasteiger partial charge in [-0.05, 0) is 6.92 Å². The third kappa shape index (κ3) is 1.43. The van der Waals surface area contributed by atoms with Gasteiger partial charge in [0, 0.05) is 12.7 Å². The Morgan fingerprint density at radius 2 is 2.00 bits per heavy atom. The summed E-state index contributed by atoms with van der Waals surface area (Å²) in [5.74, 6) is 0.333. The highest BCUT2D eigenvalue weighted by Crippen LogP contribution is 2.30. The number of methoxy groups -OCH3 is 1. The van der Waals surface area contributed by atoms with E-state index in [1.54, 1.807) is 6.92 Å². The number of carbonyl (C=O) groups is 1. The molecule has 1 amide bonds. The molecule has 0 aliphatic carbocycles. The second kappa shape index (κ2) is 3.47. The molecule has 1 N–H and O–H groups in total. The number of benzene rings is 1. The minimum atomic E-state index is -1.20. The molecule has 1 aromatic rings. The second-order valence-corrected chi connectivity index (χ2v) is 3.37. The van der Waals surface area contributed by atoms with Crippen LogP contribution in [0.4, 0.5) is 0 Å². The van der Waals surface area contributed by atoms with Crippen molar-refractivity contribution in [3.63, 3.8) is 0 Å². The van der Waals surface area contributed by atoms with E-state index in [9.17, 15) is 4.79 Å². The average molecular weight is 204 g/mol. The van der Waals surface area contributed by atoms with Crippen molar-refractivity contribution < 1.29 is 9.53 Å². The second-order valence-electron chi connectivity index (χ2n) is 3.37. The summed E-state index contributed by atoms with van der Waals surface area (Å²) in [6.07, 6.45) is 0. The lowest BCUT2D eigenvalue weighted by Crippen LogP contribution is -2.38. The zero-order valence-electron chi connectivity index (χ0n) is 8.65. The predicted molar refractivity (Wildman–Crippen MR) is 56.4 cm³/mol. The number of carbonyl (C=O) groups excluding carboxylic acids is 1. The normalized spacial score (nSPS) is 24.9. The zero-order valence-corrected chi connectivity index (χ0v) is 8.65. The van der Waals surface area contributed by atoms with Crippen LogP contribution in [0.3, 0.4) is 0 Å². The van der Waals surface area contributed by atoms with Crippen LogP contribution in [0.1, 0.15) is 12.5 Å². The van der Waals surface area contributed by atoms with Crippen LogP contribution in [0.25, 0.3) is 0 Å². The molecule has 0 radical (unpaired) electrons. The molecule has 0 saturated heterocycles. The largest absolute Gasteiger partial charge is 0.346 e. The van der Waals surface area contributed by atoms with E-state index in [4.69, 9.17) is 4.74 Å². The first kappa shape index (κ1) is 9.86. The number of amides is 1. The van der Waals surface area contributed by atoms with Gasteiger partial charge in [-0.3, -0.25) is 4.79 Å². The average Bonchev–Trinajstić information content (AvgIpc) is 2.56. The fourth-order valence-corrected chi connectivity index (χ4v) is 1.68. The molecule has 1 heterocycles. The zero-order chi connectivity index (χ0) is 10.9. The van der Waals surface area contributed by atoms with Gasteiger partial charge in [0.25, 0.3) is 11.6 Å². The Hall–Kier alpha value is -1.68. The highest BCUT2D eigenvalue weighted by molar-refractivity contribution is 6.06. The summed E-state index contributed by atoms with van der Waals surface area (Å²) in [6.45, 7) is 1.74. The molecule has 1 aliphatic heterocycles. The third-order valence-corrected chi connectivity index (χ3v) is 2.39. The monoisotopic (exact) mass is 204 g/mol. The van der Waals surface area contributed by atoms with Crippen LogP contribution in [0.15, 0.2) is 35.3 Å². The van der Waals surface area contributed by atoms with E-state index in [1.165, 1.54) is 7.11 Å². The van der Waals surface area contributed by atoms with Crippen LogP contribution < -0.4 is 5.32 Å². The van der Waals surface area contributed by atoms with Crippen LogP contribution in [0.2, 0.25) is 0 Å². The number of aliphatic imine (C=N–C) groups is 1. The molecule has 4 nitrogen and oxygen atoms in total. The lowest BCUT2D eigenvalue weighted by atomic mass is 10.0. The van der Waals surface area contributed by atoms with Gasteiger partial charge in [-0.15, -0.1) is 0 Å². The van der Waals surface area contributed by atoms with Crippen molar-refractivity contribution in [1.82, 2.24) is 5.32 Å². The Kier molecular flexibility index (Phi) is 2.28. The van der Waals surface area contributed by atoms with E-state index in [1.807, 2.05) is 30.3 Å². The Morgan fingerprint density at radius 1 is 1.33 bits per heavy atom. The van der Waals surface area contributed by atoms with E-state index in [2.05, 4.69) is 10.3 Å². The smallest absolute Gasteiger partial charge is 0.285 e. The molecule has 0 saturated carbocycles. The Morgan fingerprint density at radius 3 is 2.47 bits per heavy atom. The fraction of sp³-hybridized carbons (Fsp3) is 0.273. The topological polar surface area (TPSA) is 50.7 Å². The van der Waals surface area contributed by atoms with Gasteiger partial charge in [-0.25, -0.2) is 4.99 Å². The first-order valence-corrected chi connectivity index (χ1v) is 4.67. The predicted octanol–water partition coefficient (Wildman–Crippen LogP) is 1.03. The van der Waals surface area contributed by atoms with E-state index < -0.39 is 5.72 Å². The summed E-state index contributed by atoms with van der Waals surface area (Å²) >= 11 is 0. The molecule has 4 heteroatoms. The summed E-state index contributed by atoms with van der Waals surface area (Å²) in [5.41, 5.74) is -0.465. The van der Waals surface area contributed by atoms with Gasteiger partial charge in [0.1, 0.15) is 5.84 Å². The minimum absolute atomic E-state index is 0.242. The van der Waals surface area contributed by atoms with Gasteiger partial charge in [-0.2, -0.15) is 0 Å². The van der Waals surface area contributed by atoms with Crippen molar-refractivity contribution in [2.24, 2.45) is 4.99 Å². The molecule has 0 aromatic heterocycles. The fourth-order valence-electron chi connectivity index (χ4n) is 1.68. The molecule has 1 unspecified atom stereocenters. The summed E-state index contributed by atoms with van der Waals surface area (Å²) in [6, 6.07) is 9.24. The van der Waals surface area contributed by atoms with Crippen LogP contribution >= 0.6 is 0 Å². The summed E-state index contributed by atoms with van der Waals surface area (Å²) in [5, 5.41) is 2.64.